The fraction of sp³-hybridized carbons (Fsp3) is 0.375. The highest BCUT2D eigenvalue weighted by Crippen LogP contribution is 2.35. The summed E-state index contributed by atoms with van der Waals surface area (Å²) in [7, 11) is 5.15. The summed E-state index contributed by atoms with van der Waals surface area (Å²) in [6, 6.07) is 19.0. The molecule has 2 fully saturated rings. The molecule has 2 N–H and O–H groups in total. The average molecular weight is 603 g/mol. The summed E-state index contributed by atoms with van der Waals surface area (Å²) in [5.74, 6) is 0.649. The molecule has 0 bridgehead atoms. The molecule has 0 spiro atoms. The van der Waals surface area contributed by atoms with Crippen LogP contribution in [-0.2, 0) is 16.1 Å². The van der Waals surface area contributed by atoms with Crippen LogP contribution >= 0.6 is 12.2 Å². The number of methoxy groups -OCH3 is 2. The first-order valence-corrected chi connectivity index (χ1v) is 14.8. The second kappa shape index (κ2) is 13.4. The van der Waals surface area contributed by atoms with Gasteiger partial charge in [-0.2, -0.15) is 0 Å². The number of likely N-dealkylation sites (tertiary alicyclic amines) is 1. The molecular weight excluding hydrogens is 564 g/mol. The summed E-state index contributed by atoms with van der Waals surface area (Å²) in [5.41, 5.74) is 1.34. The van der Waals surface area contributed by atoms with Gasteiger partial charge in [0, 0.05) is 44.6 Å². The molecule has 226 valence electrons. The molecule has 3 aromatic rings. The highest BCUT2D eigenvalue weighted by molar-refractivity contribution is 7.80. The molecule has 43 heavy (non-hydrogen) atoms. The number of benzene rings is 2. The van der Waals surface area contributed by atoms with Crippen LogP contribution in [0.25, 0.3) is 0 Å². The van der Waals surface area contributed by atoms with Crippen LogP contribution in [0.15, 0.2) is 73.1 Å². The molecule has 2 aliphatic heterocycles. The fourth-order valence-electron chi connectivity index (χ4n) is 5.75. The predicted molar refractivity (Wildman–Crippen MR) is 169 cm³/mol. The number of hydrogen-bond acceptors (Lipinski definition) is 7. The third-order valence-corrected chi connectivity index (χ3v) is 8.67. The van der Waals surface area contributed by atoms with E-state index in [4.69, 9.17) is 21.7 Å². The number of ether oxygens (including phenoxy) is 2. The van der Waals surface area contributed by atoms with E-state index in [1.807, 2.05) is 54.4 Å². The van der Waals surface area contributed by atoms with Crippen molar-refractivity contribution >= 4 is 34.8 Å². The third kappa shape index (κ3) is 6.73. The van der Waals surface area contributed by atoms with E-state index in [1.54, 1.807) is 49.7 Å². The number of aromatic nitrogens is 1. The van der Waals surface area contributed by atoms with E-state index in [0.29, 0.717) is 54.8 Å². The van der Waals surface area contributed by atoms with Gasteiger partial charge in [0.15, 0.2) is 5.11 Å². The van der Waals surface area contributed by atoms with Crippen LogP contribution in [0.3, 0.4) is 0 Å². The monoisotopic (exact) mass is 602 g/mol. The molecule has 2 saturated heterocycles. The minimum absolute atomic E-state index is 0.0172. The van der Waals surface area contributed by atoms with Crippen LogP contribution in [-0.4, -0.2) is 89.6 Å². The summed E-state index contributed by atoms with van der Waals surface area (Å²) in [5, 5.41) is 6.97. The van der Waals surface area contributed by atoms with Gasteiger partial charge in [0.2, 0.25) is 5.91 Å². The van der Waals surface area contributed by atoms with Crippen molar-refractivity contribution in [2.75, 3.05) is 52.8 Å². The minimum atomic E-state index is -1.11. The summed E-state index contributed by atoms with van der Waals surface area (Å²) in [6.45, 7) is 2.15. The zero-order valence-corrected chi connectivity index (χ0v) is 25.6. The Hall–Kier alpha value is -4.22. The SMILES string of the molecule is COc1ccc(NC(=O)C2(N(Cc3cccnc3)C(=O)CN3C[C@@H](c4ccccc4)NC3=S)CCN(C)CC2)c(OC)c1. The van der Waals surface area contributed by atoms with Gasteiger partial charge >= 0.3 is 0 Å². The van der Waals surface area contributed by atoms with Crippen LogP contribution in [0.5, 0.6) is 11.5 Å². The Morgan fingerprint density at radius 1 is 1.09 bits per heavy atom. The number of carbonyl (C=O) groups is 2. The lowest BCUT2D eigenvalue weighted by Gasteiger charge is -2.47. The number of nitrogens with zero attached hydrogens (tertiary/aromatic N) is 4. The molecular formula is C32H38N6O4S. The van der Waals surface area contributed by atoms with Gasteiger partial charge in [-0.25, -0.2) is 0 Å². The number of piperidine rings is 1. The normalized spacial score (nSPS) is 18.1. The molecule has 2 amide bonds. The molecule has 10 nitrogen and oxygen atoms in total. The highest BCUT2D eigenvalue weighted by atomic mass is 32.1. The molecule has 1 atom stereocenters. The maximum atomic E-state index is 14.4. The van der Waals surface area contributed by atoms with Gasteiger partial charge in [0.05, 0.1) is 32.5 Å². The summed E-state index contributed by atoms with van der Waals surface area (Å²) in [4.78, 5) is 38.9. The van der Waals surface area contributed by atoms with Crippen LogP contribution in [0.1, 0.15) is 30.0 Å². The first-order valence-electron chi connectivity index (χ1n) is 14.3. The van der Waals surface area contributed by atoms with Gasteiger partial charge < -0.3 is 34.8 Å². The van der Waals surface area contributed by atoms with Crippen molar-refractivity contribution in [3.8, 4) is 11.5 Å². The van der Waals surface area contributed by atoms with Crippen molar-refractivity contribution in [2.45, 2.75) is 31.0 Å². The van der Waals surface area contributed by atoms with Crippen molar-refractivity contribution in [3.05, 3.63) is 84.2 Å². The number of carbonyl (C=O) groups excluding carboxylic acids is 2. The van der Waals surface area contributed by atoms with Crippen molar-refractivity contribution in [3.63, 3.8) is 0 Å². The number of amides is 2. The summed E-state index contributed by atoms with van der Waals surface area (Å²) in [6.07, 6.45) is 4.37. The number of pyridine rings is 1. The molecule has 2 aromatic carbocycles. The molecule has 0 unspecified atom stereocenters. The third-order valence-electron chi connectivity index (χ3n) is 8.29. The van der Waals surface area contributed by atoms with E-state index in [1.165, 1.54) is 0 Å². The number of rotatable bonds is 10. The van der Waals surface area contributed by atoms with Crippen LogP contribution in [0.2, 0.25) is 0 Å². The maximum absolute atomic E-state index is 14.4. The molecule has 5 rings (SSSR count). The lowest BCUT2D eigenvalue weighted by molar-refractivity contribution is -0.150. The Labute approximate surface area is 258 Å². The predicted octanol–water partition coefficient (Wildman–Crippen LogP) is 3.46. The van der Waals surface area contributed by atoms with Gasteiger partial charge in [-0.05, 0) is 61.4 Å². The number of anilines is 1. The topological polar surface area (TPSA) is 99.3 Å². The summed E-state index contributed by atoms with van der Waals surface area (Å²) < 4.78 is 10.9. The Morgan fingerprint density at radius 3 is 2.53 bits per heavy atom. The van der Waals surface area contributed by atoms with E-state index in [9.17, 15) is 9.59 Å². The van der Waals surface area contributed by atoms with Gasteiger partial charge in [-0.1, -0.05) is 36.4 Å². The van der Waals surface area contributed by atoms with Crippen LogP contribution in [0.4, 0.5) is 5.69 Å². The molecule has 3 heterocycles. The number of thiocarbonyl (C=S) groups is 1. The van der Waals surface area contributed by atoms with Crippen LogP contribution < -0.4 is 20.1 Å². The van der Waals surface area contributed by atoms with Gasteiger partial charge in [0.25, 0.3) is 5.91 Å². The van der Waals surface area contributed by atoms with E-state index < -0.39 is 5.54 Å². The molecule has 2 aliphatic rings. The van der Waals surface area contributed by atoms with Gasteiger partial charge in [-0.3, -0.25) is 14.6 Å². The number of nitrogens with one attached hydrogen (secondary N) is 2. The second-order valence-electron chi connectivity index (χ2n) is 11.0. The molecule has 0 saturated carbocycles. The maximum Gasteiger partial charge on any atom is 0.250 e. The molecule has 0 radical (unpaired) electrons. The Kier molecular flexibility index (Phi) is 9.42. The largest absolute Gasteiger partial charge is 0.497 e. The Balaban J connectivity index is 1.46. The lowest BCUT2D eigenvalue weighted by Crippen LogP contribution is -2.64. The van der Waals surface area contributed by atoms with E-state index in [-0.39, 0.29) is 30.9 Å². The number of hydrogen-bond donors (Lipinski definition) is 2. The Bertz CT molecular complexity index is 1430. The molecule has 0 aliphatic carbocycles. The fourth-order valence-corrected chi connectivity index (χ4v) is 6.03. The standard InChI is InChI=1S/C32H38N6O4S/c1-36-16-13-32(14-17-36,30(40)34-26-12-11-25(41-2)18-28(26)42-3)38(20-23-8-7-15-33-19-23)29(39)22-37-21-27(35-31(37)43)24-9-5-4-6-10-24/h4-12,15,18-19,27H,13-14,16-17,20-22H2,1-3H3,(H,34,40)(H,35,43)/t27-/m0/s1. The van der Waals surface area contributed by atoms with E-state index >= 15 is 0 Å². The van der Waals surface area contributed by atoms with Crippen molar-refractivity contribution in [1.29, 1.82) is 0 Å². The zero-order valence-electron chi connectivity index (χ0n) is 24.8. The molecule has 1 aromatic heterocycles. The smallest absolute Gasteiger partial charge is 0.250 e. The highest BCUT2D eigenvalue weighted by Gasteiger charge is 2.48. The van der Waals surface area contributed by atoms with Crippen molar-refractivity contribution < 1.29 is 19.1 Å². The first-order chi connectivity index (χ1) is 20.8. The average Bonchev–Trinajstić information content (AvgIpc) is 3.41. The van der Waals surface area contributed by atoms with Gasteiger partial charge in [-0.15, -0.1) is 0 Å². The van der Waals surface area contributed by atoms with E-state index in [0.717, 1.165) is 11.1 Å². The second-order valence-corrected chi connectivity index (χ2v) is 11.4. The summed E-state index contributed by atoms with van der Waals surface area (Å²) >= 11 is 5.66. The quantitative estimate of drug-likeness (QED) is 0.338. The lowest BCUT2D eigenvalue weighted by atomic mass is 9.83. The van der Waals surface area contributed by atoms with Crippen molar-refractivity contribution in [1.82, 2.24) is 25.0 Å². The van der Waals surface area contributed by atoms with E-state index in [2.05, 4.69) is 20.5 Å². The van der Waals surface area contributed by atoms with Crippen LogP contribution in [0, 0.1) is 0 Å². The molecule has 11 heteroatoms. The first kappa shape index (κ1) is 30.2. The van der Waals surface area contributed by atoms with Gasteiger partial charge in [0.1, 0.15) is 17.0 Å². The zero-order chi connectivity index (χ0) is 30.4. The van der Waals surface area contributed by atoms with Crippen molar-refractivity contribution in [2.24, 2.45) is 0 Å². The Morgan fingerprint density at radius 2 is 1.86 bits per heavy atom. The minimum Gasteiger partial charge on any atom is -0.497 e.